The van der Waals surface area contributed by atoms with Crippen molar-refractivity contribution in [2.24, 2.45) is 0 Å². The smallest absolute Gasteiger partial charge is 0.278 e. The summed E-state index contributed by atoms with van der Waals surface area (Å²) >= 11 is 0. The van der Waals surface area contributed by atoms with Crippen LogP contribution in [-0.2, 0) is 0 Å². The zero-order valence-corrected chi connectivity index (χ0v) is 15.6. The molecule has 2 aliphatic heterocycles. The van der Waals surface area contributed by atoms with Crippen LogP contribution in [0.15, 0.2) is 48.7 Å². The van der Waals surface area contributed by atoms with Gasteiger partial charge in [0.2, 0.25) is 0 Å². The zero-order chi connectivity index (χ0) is 18.5. The van der Waals surface area contributed by atoms with Crippen LogP contribution >= 0.6 is 0 Å². The summed E-state index contributed by atoms with van der Waals surface area (Å²) < 4.78 is 0. The van der Waals surface area contributed by atoms with Crippen LogP contribution in [0.5, 0.6) is 0 Å². The van der Waals surface area contributed by atoms with E-state index in [1.807, 2.05) is 29.2 Å². The number of hydrogen-bond acceptors (Lipinski definition) is 4. The summed E-state index contributed by atoms with van der Waals surface area (Å²) in [5.41, 5.74) is 5.54. The number of aryl methyl sites for hydroxylation is 1. The normalized spacial score (nSPS) is 21.9. The predicted octanol–water partition coefficient (Wildman–Crippen LogP) is 3.39. The maximum Gasteiger partial charge on any atom is 0.278 e. The molecule has 0 radical (unpaired) electrons. The lowest BCUT2D eigenvalue weighted by Crippen LogP contribution is -2.47. The average Bonchev–Trinajstić information content (AvgIpc) is 3.00. The van der Waals surface area contributed by atoms with E-state index in [0.717, 1.165) is 36.2 Å². The van der Waals surface area contributed by atoms with E-state index >= 15 is 0 Å². The fraction of sp³-hybridized carbons (Fsp3) is 0.318. The fourth-order valence-corrected chi connectivity index (χ4v) is 4.53. The van der Waals surface area contributed by atoms with E-state index in [0.29, 0.717) is 11.6 Å². The van der Waals surface area contributed by atoms with Gasteiger partial charge in [0.1, 0.15) is 5.69 Å². The second kappa shape index (κ2) is 6.13. The molecule has 27 heavy (non-hydrogen) atoms. The molecule has 0 bridgehead atoms. The minimum atomic E-state index is -0.0459. The van der Waals surface area contributed by atoms with Gasteiger partial charge in [-0.2, -0.15) is 0 Å². The molecule has 1 aromatic heterocycles. The van der Waals surface area contributed by atoms with Crippen molar-refractivity contribution in [1.29, 1.82) is 0 Å². The summed E-state index contributed by atoms with van der Waals surface area (Å²) in [5.74, 6) is 0.312. The number of carbonyl (C=O) groups is 1. The number of anilines is 1. The first-order chi connectivity index (χ1) is 13.1. The Morgan fingerprint density at radius 2 is 1.96 bits per heavy atom. The first kappa shape index (κ1) is 16.4. The molecule has 2 atom stereocenters. The van der Waals surface area contributed by atoms with Crippen molar-refractivity contribution in [3.05, 3.63) is 65.5 Å². The van der Waals surface area contributed by atoms with Gasteiger partial charge in [-0.1, -0.05) is 29.8 Å². The van der Waals surface area contributed by atoms with Gasteiger partial charge in [0.15, 0.2) is 0 Å². The lowest BCUT2D eigenvalue weighted by atomic mass is 9.89. The Bertz CT molecular complexity index is 1050. The van der Waals surface area contributed by atoms with E-state index in [9.17, 15) is 4.79 Å². The number of piperidine rings is 1. The molecule has 3 aromatic rings. The number of hydrogen-bond donors (Lipinski definition) is 0. The highest BCUT2D eigenvalue weighted by atomic mass is 16.2. The minimum absolute atomic E-state index is 0.0459. The Morgan fingerprint density at radius 1 is 1.15 bits per heavy atom. The average molecular weight is 358 g/mol. The van der Waals surface area contributed by atoms with E-state index in [4.69, 9.17) is 0 Å². The number of fused-ring (bicyclic) bond motifs is 4. The number of para-hydroxylation sites is 2. The summed E-state index contributed by atoms with van der Waals surface area (Å²) in [6, 6.07) is 14.3. The van der Waals surface area contributed by atoms with E-state index in [1.54, 1.807) is 6.20 Å². The lowest BCUT2D eigenvalue weighted by Gasteiger charge is -2.36. The minimum Gasteiger partial charge on any atom is -0.306 e. The number of rotatable bonds is 1. The summed E-state index contributed by atoms with van der Waals surface area (Å²) in [7, 11) is 2.16. The van der Waals surface area contributed by atoms with Crippen molar-refractivity contribution < 1.29 is 4.79 Å². The topological polar surface area (TPSA) is 49.3 Å². The van der Waals surface area contributed by atoms with Gasteiger partial charge >= 0.3 is 0 Å². The van der Waals surface area contributed by atoms with Crippen LogP contribution in [0.3, 0.4) is 0 Å². The molecule has 5 heteroatoms. The summed E-state index contributed by atoms with van der Waals surface area (Å²) in [6.45, 7) is 4.09. The third-order valence-electron chi connectivity index (χ3n) is 5.84. The Hall–Kier alpha value is -2.79. The maximum absolute atomic E-state index is 13.5. The van der Waals surface area contributed by atoms with Crippen molar-refractivity contribution in [3.63, 3.8) is 0 Å². The molecule has 0 saturated carbocycles. The van der Waals surface area contributed by atoms with E-state index in [1.165, 1.54) is 11.1 Å². The van der Waals surface area contributed by atoms with Crippen LogP contribution in [0.2, 0.25) is 0 Å². The maximum atomic E-state index is 13.5. The Balaban J connectivity index is 1.59. The Morgan fingerprint density at radius 3 is 2.81 bits per heavy atom. The van der Waals surface area contributed by atoms with Crippen molar-refractivity contribution in [3.8, 4) is 0 Å². The Labute approximate surface area is 158 Å². The number of benzene rings is 2. The number of aromatic nitrogens is 2. The second-order valence-electron chi connectivity index (χ2n) is 7.71. The summed E-state index contributed by atoms with van der Waals surface area (Å²) in [5, 5.41) is 0. The third kappa shape index (κ3) is 2.61. The number of likely N-dealkylation sites (tertiary alicyclic amines) is 1. The van der Waals surface area contributed by atoms with Crippen molar-refractivity contribution >= 4 is 22.6 Å². The molecule has 2 aromatic carbocycles. The molecule has 5 rings (SSSR count). The number of amides is 1. The first-order valence-corrected chi connectivity index (χ1v) is 9.46. The first-order valence-electron chi connectivity index (χ1n) is 9.46. The molecule has 1 fully saturated rings. The largest absolute Gasteiger partial charge is 0.306 e. The second-order valence-corrected chi connectivity index (χ2v) is 7.71. The van der Waals surface area contributed by atoms with Gasteiger partial charge in [0, 0.05) is 24.2 Å². The van der Waals surface area contributed by atoms with Crippen LogP contribution in [0.1, 0.15) is 34.0 Å². The van der Waals surface area contributed by atoms with Crippen LogP contribution in [-0.4, -0.2) is 47.0 Å². The highest BCUT2D eigenvalue weighted by Crippen LogP contribution is 2.45. The molecule has 2 unspecified atom stereocenters. The third-order valence-corrected chi connectivity index (χ3v) is 5.84. The summed E-state index contributed by atoms with van der Waals surface area (Å²) in [6.07, 6.45) is 2.59. The molecular weight excluding hydrogens is 336 g/mol. The molecular formula is C22H22N4O. The molecule has 0 N–H and O–H groups in total. The van der Waals surface area contributed by atoms with Gasteiger partial charge in [-0.3, -0.25) is 9.78 Å². The molecule has 2 aliphatic rings. The van der Waals surface area contributed by atoms with Gasteiger partial charge in [0.25, 0.3) is 5.91 Å². The molecule has 1 saturated heterocycles. The van der Waals surface area contributed by atoms with E-state index in [-0.39, 0.29) is 11.9 Å². The SMILES string of the molecule is Cc1ccc2c(c1)C1CN(C)CCC1N2C(=O)c1cnc2ccccc2n1. The van der Waals surface area contributed by atoms with Crippen molar-refractivity contribution in [1.82, 2.24) is 14.9 Å². The Kier molecular flexibility index (Phi) is 3.72. The monoisotopic (exact) mass is 358 g/mol. The van der Waals surface area contributed by atoms with Gasteiger partial charge in [-0.05, 0) is 50.7 Å². The predicted molar refractivity (Wildman–Crippen MR) is 106 cm³/mol. The van der Waals surface area contributed by atoms with Gasteiger partial charge < -0.3 is 9.80 Å². The molecule has 5 nitrogen and oxygen atoms in total. The van der Waals surface area contributed by atoms with Gasteiger partial charge in [0.05, 0.1) is 17.2 Å². The zero-order valence-electron chi connectivity index (χ0n) is 15.6. The van der Waals surface area contributed by atoms with E-state index < -0.39 is 0 Å². The molecule has 0 spiro atoms. The highest BCUT2D eigenvalue weighted by molar-refractivity contribution is 6.07. The number of carbonyl (C=O) groups excluding carboxylic acids is 1. The van der Waals surface area contributed by atoms with Crippen molar-refractivity contribution in [2.75, 3.05) is 25.0 Å². The van der Waals surface area contributed by atoms with Gasteiger partial charge in [-0.25, -0.2) is 4.98 Å². The lowest BCUT2D eigenvalue weighted by molar-refractivity contribution is 0.0960. The number of likely N-dealkylation sites (N-methyl/N-ethyl adjacent to an activating group) is 1. The number of nitrogens with zero attached hydrogens (tertiary/aromatic N) is 4. The summed E-state index contributed by atoms with van der Waals surface area (Å²) in [4.78, 5) is 26.9. The molecule has 1 amide bonds. The van der Waals surface area contributed by atoms with Crippen LogP contribution in [0, 0.1) is 6.92 Å². The van der Waals surface area contributed by atoms with Crippen LogP contribution < -0.4 is 4.90 Å². The van der Waals surface area contributed by atoms with Gasteiger partial charge in [-0.15, -0.1) is 0 Å². The molecule has 0 aliphatic carbocycles. The fourth-order valence-electron chi connectivity index (χ4n) is 4.53. The van der Waals surface area contributed by atoms with Crippen molar-refractivity contribution in [2.45, 2.75) is 25.3 Å². The molecule has 136 valence electrons. The van der Waals surface area contributed by atoms with E-state index in [2.05, 4.69) is 47.0 Å². The highest BCUT2D eigenvalue weighted by Gasteiger charge is 2.44. The quantitative estimate of drug-likeness (QED) is 0.669. The van der Waals surface area contributed by atoms with Crippen LogP contribution in [0.4, 0.5) is 5.69 Å². The molecule has 3 heterocycles. The standard InChI is InChI=1S/C22H22N4O/c1-14-7-8-20-15(11-14)16-13-25(2)10-9-21(16)26(20)22(27)19-12-23-17-5-3-4-6-18(17)24-19/h3-8,11-12,16,21H,9-10,13H2,1-2H3. The van der Waals surface area contributed by atoms with Crippen LogP contribution in [0.25, 0.3) is 11.0 Å².